The first-order chi connectivity index (χ1) is 5.68. The molecule has 1 heterocycles. The molecule has 64 valence electrons. The van der Waals surface area contributed by atoms with Crippen molar-refractivity contribution in [2.24, 2.45) is 0 Å². The third-order valence-electron chi connectivity index (χ3n) is 1.29. The van der Waals surface area contributed by atoms with Gasteiger partial charge in [-0.3, -0.25) is 0 Å². The second-order valence-corrected chi connectivity index (χ2v) is 2.66. The topological polar surface area (TPSA) is 24.9 Å². The van der Waals surface area contributed by atoms with Crippen molar-refractivity contribution in [3.63, 3.8) is 0 Å². The van der Waals surface area contributed by atoms with Gasteiger partial charge in [-0.05, 0) is 19.1 Å². The van der Waals surface area contributed by atoms with Crippen LogP contribution in [-0.4, -0.2) is 11.5 Å². The molecule has 1 aromatic rings. The molecular weight excluding hydrogens is 155 g/mol. The normalized spacial score (nSPS) is 9.50. The number of hydrogen-bond donors (Lipinski definition) is 1. The van der Waals surface area contributed by atoms with Gasteiger partial charge in [0.05, 0.1) is 0 Å². The zero-order chi connectivity index (χ0) is 8.97. The Morgan fingerprint density at radius 2 is 2.42 bits per heavy atom. The van der Waals surface area contributed by atoms with Crippen LogP contribution in [0.4, 0.5) is 10.2 Å². The van der Waals surface area contributed by atoms with E-state index in [0.717, 1.165) is 5.57 Å². The van der Waals surface area contributed by atoms with E-state index in [-0.39, 0.29) is 0 Å². The highest BCUT2D eigenvalue weighted by Crippen LogP contribution is 2.03. The molecule has 0 aliphatic carbocycles. The Bertz CT molecular complexity index is 284. The van der Waals surface area contributed by atoms with Crippen LogP contribution in [0, 0.1) is 5.95 Å². The molecule has 0 atom stereocenters. The number of nitrogens with zero attached hydrogens (tertiary/aromatic N) is 1. The maximum atomic E-state index is 12.5. The van der Waals surface area contributed by atoms with Gasteiger partial charge >= 0.3 is 0 Å². The predicted octanol–water partition coefficient (Wildman–Crippen LogP) is 2.21. The van der Waals surface area contributed by atoms with E-state index in [9.17, 15) is 4.39 Å². The number of halogens is 1. The van der Waals surface area contributed by atoms with Crippen LogP contribution in [-0.2, 0) is 0 Å². The molecule has 0 saturated heterocycles. The molecule has 0 saturated carbocycles. The Morgan fingerprint density at radius 3 is 3.00 bits per heavy atom. The Morgan fingerprint density at radius 1 is 1.67 bits per heavy atom. The van der Waals surface area contributed by atoms with Gasteiger partial charge in [0, 0.05) is 6.54 Å². The van der Waals surface area contributed by atoms with Gasteiger partial charge < -0.3 is 5.32 Å². The molecule has 0 amide bonds. The van der Waals surface area contributed by atoms with Crippen molar-refractivity contribution in [3.8, 4) is 0 Å². The van der Waals surface area contributed by atoms with Crippen LogP contribution >= 0.6 is 0 Å². The zero-order valence-corrected chi connectivity index (χ0v) is 6.97. The van der Waals surface area contributed by atoms with E-state index in [4.69, 9.17) is 0 Å². The van der Waals surface area contributed by atoms with Crippen molar-refractivity contribution in [2.75, 3.05) is 11.9 Å². The molecule has 12 heavy (non-hydrogen) atoms. The molecule has 0 fully saturated rings. The summed E-state index contributed by atoms with van der Waals surface area (Å²) in [6, 6.07) is 4.64. The molecule has 0 aliphatic heterocycles. The minimum Gasteiger partial charge on any atom is -0.366 e. The minimum atomic E-state index is -0.471. The van der Waals surface area contributed by atoms with E-state index in [2.05, 4.69) is 16.9 Å². The van der Waals surface area contributed by atoms with E-state index < -0.39 is 5.95 Å². The number of pyridine rings is 1. The van der Waals surface area contributed by atoms with Crippen LogP contribution in [0.2, 0.25) is 0 Å². The molecule has 0 aromatic carbocycles. The van der Waals surface area contributed by atoms with E-state index in [1.165, 1.54) is 6.07 Å². The smallest absolute Gasteiger partial charge is 0.214 e. The molecule has 1 aromatic heterocycles. The quantitative estimate of drug-likeness (QED) is 0.550. The Kier molecular flexibility index (Phi) is 2.80. The lowest BCUT2D eigenvalue weighted by molar-refractivity contribution is 0.585. The number of nitrogens with one attached hydrogen (secondary N) is 1. The first-order valence-electron chi connectivity index (χ1n) is 3.69. The van der Waals surface area contributed by atoms with Crippen LogP contribution < -0.4 is 5.32 Å². The van der Waals surface area contributed by atoms with Crippen LogP contribution in [0.3, 0.4) is 0 Å². The van der Waals surface area contributed by atoms with Crippen molar-refractivity contribution in [1.82, 2.24) is 4.98 Å². The van der Waals surface area contributed by atoms with Gasteiger partial charge in [-0.25, -0.2) is 4.98 Å². The molecule has 0 unspecified atom stereocenters. The van der Waals surface area contributed by atoms with Gasteiger partial charge in [0.15, 0.2) is 0 Å². The summed E-state index contributed by atoms with van der Waals surface area (Å²) in [5, 5.41) is 2.93. The monoisotopic (exact) mass is 166 g/mol. The Labute approximate surface area is 71.1 Å². The van der Waals surface area contributed by atoms with Crippen LogP contribution in [0.5, 0.6) is 0 Å². The fraction of sp³-hybridized carbons (Fsp3) is 0.222. The molecule has 1 rings (SSSR count). The molecule has 0 radical (unpaired) electrons. The maximum Gasteiger partial charge on any atom is 0.214 e. The zero-order valence-electron chi connectivity index (χ0n) is 6.97. The predicted molar refractivity (Wildman–Crippen MR) is 47.5 cm³/mol. The molecule has 0 aliphatic rings. The SMILES string of the molecule is C=C(C)CNc1cccc(F)n1. The lowest BCUT2D eigenvalue weighted by Gasteiger charge is -2.03. The number of hydrogen-bond acceptors (Lipinski definition) is 2. The first-order valence-corrected chi connectivity index (χ1v) is 3.69. The summed E-state index contributed by atoms with van der Waals surface area (Å²) in [5.74, 6) is 0.0692. The first kappa shape index (κ1) is 8.71. The van der Waals surface area contributed by atoms with Gasteiger partial charge in [0.2, 0.25) is 5.95 Å². The summed E-state index contributed by atoms with van der Waals surface area (Å²) in [4.78, 5) is 3.63. The summed E-state index contributed by atoms with van der Waals surface area (Å²) in [6.45, 7) is 6.23. The third kappa shape index (κ3) is 2.70. The van der Waals surface area contributed by atoms with E-state index in [0.29, 0.717) is 12.4 Å². The molecule has 0 spiro atoms. The summed E-state index contributed by atoms with van der Waals surface area (Å²) < 4.78 is 12.5. The number of rotatable bonds is 3. The van der Waals surface area contributed by atoms with Crippen molar-refractivity contribution >= 4 is 5.82 Å². The van der Waals surface area contributed by atoms with Crippen LogP contribution in [0.1, 0.15) is 6.92 Å². The van der Waals surface area contributed by atoms with E-state index in [1.54, 1.807) is 12.1 Å². The molecule has 0 bridgehead atoms. The lowest BCUT2D eigenvalue weighted by atomic mass is 10.3. The highest BCUT2D eigenvalue weighted by molar-refractivity contribution is 5.34. The van der Waals surface area contributed by atoms with Crippen molar-refractivity contribution in [1.29, 1.82) is 0 Å². The van der Waals surface area contributed by atoms with Crippen LogP contribution in [0.25, 0.3) is 0 Å². The van der Waals surface area contributed by atoms with Gasteiger partial charge in [-0.1, -0.05) is 18.2 Å². The number of anilines is 1. The van der Waals surface area contributed by atoms with Crippen LogP contribution in [0.15, 0.2) is 30.4 Å². The molecule has 3 heteroatoms. The minimum absolute atomic E-state index is 0.471. The molecule has 2 nitrogen and oxygen atoms in total. The third-order valence-corrected chi connectivity index (χ3v) is 1.29. The molecular formula is C9H11FN2. The summed E-state index contributed by atoms with van der Waals surface area (Å²) >= 11 is 0. The second kappa shape index (κ2) is 3.85. The van der Waals surface area contributed by atoms with Gasteiger partial charge in [0.25, 0.3) is 0 Å². The maximum absolute atomic E-state index is 12.5. The average molecular weight is 166 g/mol. The van der Waals surface area contributed by atoms with Gasteiger partial charge in [-0.15, -0.1) is 0 Å². The second-order valence-electron chi connectivity index (χ2n) is 2.66. The summed E-state index contributed by atoms with van der Waals surface area (Å²) in [5.41, 5.74) is 0.987. The number of aromatic nitrogens is 1. The van der Waals surface area contributed by atoms with E-state index >= 15 is 0 Å². The Balaban J connectivity index is 2.57. The van der Waals surface area contributed by atoms with Crippen molar-refractivity contribution < 1.29 is 4.39 Å². The fourth-order valence-electron chi connectivity index (χ4n) is 0.748. The standard InChI is InChI=1S/C9H11FN2/c1-7(2)6-11-9-5-3-4-8(10)12-9/h3-5H,1,6H2,2H3,(H,11,12). The highest BCUT2D eigenvalue weighted by atomic mass is 19.1. The molecule has 1 N–H and O–H groups in total. The highest BCUT2D eigenvalue weighted by Gasteiger charge is 1.94. The van der Waals surface area contributed by atoms with Gasteiger partial charge in [0.1, 0.15) is 5.82 Å². The van der Waals surface area contributed by atoms with Crippen molar-refractivity contribution in [2.45, 2.75) is 6.92 Å². The van der Waals surface area contributed by atoms with Gasteiger partial charge in [-0.2, -0.15) is 4.39 Å². The summed E-state index contributed by atoms with van der Waals surface area (Å²) in [6.07, 6.45) is 0. The fourth-order valence-corrected chi connectivity index (χ4v) is 0.748. The lowest BCUT2D eigenvalue weighted by Crippen LogP contribution is -2.03. The Hall–Kier alpha value is -1.38. The van der Waals surface area contributed by atoms with Crippen molar-refractivity contribution in [3.05, 3.63) is 36.3 Å². The largest absolute Gasteiger partial charge is 0.366 e. The van der Waals surface area contributed by atoms with E-state index in [1.807, 2.05) is 6.92 Å². The average Bonchev–Trinajstić information content (AvgIpc) is 2.01. The summed E-state index contributed by atoms with van der Waals surface area (Å²) in [7, 11) is 0.